The lowest BCUT2D eigenvalue weighted by Crippen LogP contribution is -2.47. The number of aromatic amines is 1. The quantitative estimate of drug-likeness (QED) is 0.751. The molecule has 1 aromatic heterocycles. The first-order chi connectivity index (χ1) is 14.8. The number of carbonyl (C=O) groups is 1. The number of hydrogen-bond donors (Lipinski definition) is 1. The van der Waals surface area contributed by atoms with Crippen LogP contribution in [0.4, 0.5) is 18.0 Å². The number of carbonyl (C=O) groups excluding carboxylic acids is 1. The number of nitrogens with zero attached hydrogens (tertiary/aromatic N) is 4. The Balaban J connectivity index is 1.23. The maximum atomic E-state index is 12.8. The SMILES string of the molecule is O=C(N1CCC(OCc2ccc(C(F)(F)F)cc2Cl)CC1)N1CC[C@H](c2cn[nH]n2)C1. The van der Waals surface area contributed by atoms with Gasteiger partial charge in [-0.15, -0.1) is 0 Å². The summed E-state index contributed by atoms with van der Waals surface area (Å²) >= 11 is 5.99. The van der Waals surface area contributed by atoms with Crippen LogP contribution in [0.2, 0.25) is 5.02 Å². The summed E-state index contributed by atoms with van der Waals surface area (Å²) in [6, 6.07) is 3.30. The monoisotopic (exact) mass is 457 g/mol. The number of likely N-dealkylation sites (tertiary alicyclic amines) is 2. The maximum Gasteiger partial charge on any atom is 0.416 e. The van der Waals surface area contributed by atoms with Gasteiger partial charge in [0.2, 0.25) is 0 Å². The number of amides is 2. The predicted octanol–water partition coefficient (Wildman–Crippen LogP) is 4.07. The van der Waals surface area contributed by atoms with Gasteiger partial charge in [-0.2, -0.15) is 28.6 Å². The number of rotatable bonds is 4. The molecule has 2 aliphatic rings. The third-order valence-corrected chi connectivity index (χ3v) is 6.23. The third-order valence-electron chi connectivity index (χ3n) is 5.88. The molecule has 2 aliphatic heterocycles. The van der Waals surface area contributed by atoms with Gasteiger partial charge in [-0.3, -0.25) is 0 Å². The first-order valence-corrected chi connectivity index (χ1v) is 10.6. The van der Waals surface area contributed by atoms with Crippen LogP contribution in [0.25, 0.3) is 0 Å². The van der Waals surface area contributed by atoms with E-state index in [-0.39, 0.29) is 29.7 Å². The van der Waals surface area contributed by atoms with Crippen molar-refractivity contribution in [2.45, 2.75) is 44.1 Å². The molecule has 1 atom stereocenters. The lowest BCUT2D eigenvalue weighted by Gasteiger charge is -2.34. The molecule has 4 rings (SSSR count). The van der Waals surface area contributed by atoms with Crippen LogP contribution in [-0.2, 0) is 17.5 Å². The molecule has 31 heavy (non-hydrogen) atoms. The lowest BCUT2D eigenvalue weighted by molar-refractivity contribution is -0.137. The number of ether oxygens (including phenoxy) is 1. The van der Waals surface area contributed by atoms with Crippen molar-refractivity contribution >= 4 is 17.6 Å². The molecule has 0 bridgehead atoms. The minimum absolute atomic E-state index is 0.0234. The van der Waals surface area contributed by atoms with E-state index >= 15 is 0 Å². The molecule has 11 heteroatoms. The third kappa shape index (κ3) is 5.12. The van der Waals surface area contributed by atoms with E-state index < -0.39 is 11.7 Å². The molecule has 1 aromatic carbocycles. The van der Waals surface area contributed by atoms with E-state index in [9.17, 15) is 18.0 Å². The molecule has 2 aromatic rings. The van der Waals surface area contributed by atoms with Crippen LogP contribution in [0.3, 0.4) is 0 Å². The Morgan fingerprint density at radius 1 is 1.19 bits per heavy atom. The molecular weight excluding hydrogens is 435 g/mol. The molecule has 0 saturated carbocycles. The van der Waals surface area contributed by atoms with E-state index in [1.165, 1.54) is 6.07 Å². The fraction of sp³-hybridized carbons (Fsp3) is 0.550. The number of aromatic nitrogens is 3. The number of nitrogens with one attached hydrogen (secondary N) is 1. The van der Waals surface area contributed by atoms with Crippen molar-refractivity contribution < 1.29 is 22.7 Å². The summed E-state index contributed by atoms with van der Waals surface area (Å²) < 4.78 is 44.1. The number of urea groups is 1. The molecule has 1 N–H and O–H groups in total. The number of alkyl halides is 3. The number of halogens is 4. The summed E-state index contributed by atoms with van der Waals surface area (Å²) in [6.45, 7) is 2.62. The molecule has 0 unspecified atom stereocenters. The van der Waals surface area contributed by atoms with Crippen LogP contribution in [0.5, 0.6) is 0 Å². The number of hydrogen-bond acceptors (Lipinski definition) is 4. The van der Waals surface area contributed by atoms with Crippen molar-refractivity contribution in [3.05, 3.63) is 46.2 Å². The molecule has 2 fully saturated rings. The van der Waals surface area contributed by atoms with Crippen molar-refractivity contribution in [3.8, 4) is 0 Å². The molecule has 2 amide bonds. The lowest BCUT2D eigenvalue weighted by atomic mass is 10.1. The fourth-order valence-electron chi connectivity index (χ4n) is 4.04. The topological polar surface area (TPSA) is 74.3 Å². The van der Waals surface area contributed by atoms with Gasteiger partial charge >= 0.3 is 12.2 Å². The van der Waals surface area contributed by atoms with Gasteiger partial charge < -0.3 is 14.5 Å². The van der Waals surface area contributed by atoms with Crippen LogP contribution in [0.15, 0.2) is 24.4 Å². The van der Waals surface area contributed by atoms with Gasteiger partial charge in [0.15, 0.2) is 0 Å². The van der Waals surface area contributed by atoms with Gasteiger partial charge in [0, 0.05) is 37.1 Å². The largest absolute Gasteiger partial charge is 0.416 e. The molecular formula is C20H23ClF3N5O2. The first kappa shape index (κ1) is 21.9. The number of H-pyrrole nitrogens is 1. The highest BCUT2D eigenvalue weighted by Gasteiger charge is 2.33. The Morgan fingerprint density at radius 3 is 2.58 bits per heavy atom. The molecule has 0 spiro atoms. The Hall–Kier alpha value is -2.33. The second-order valence-electron chi connectivity index (χ2n) is 7.91. The highest BCUT2D eigenvalue weighted by molar-refractivity contribution is 6.31. The van der Waals surface area contributed by atoms with Crippen molar-refractivity contribution in [1.29, 1.82) is 0 Å². The second-order valence-corrected chi connectivity index (χ2v) is 8.32. The maximum absolute atomic E-state index is 12.8. The van der Waals surface area contributed by atoms with E-state index in [1.54, 1.807) is 6.20 Å². The summed E-state index contributed by atoms with van der Waals surface area (Å²) in [5.74, 6) is 0.206. The molecule has 2 saturated heterocycles. The second kappa shape index (κ2) is 9.04. The van der Waals surface area contributed by atoms with E-state index in [1.807, 2.05) is 9.80 Å². The predicted molar refractivity (Wildman–Crippen MR) is 107 cm³/mol. The number of benzene rings is 1. The van der Waals surface area contributed by atoms with Crippen LogP contribution >= 0.6 is 11.6 Å². The minimum atomic E-state index is -4.42. The zero-order chi connectivity index (χ0) is 22.0. The van der Waals surface area contributed by atoms with Crippen LogP contribution in [-0.4, -0.2) is 63.5 Å². The van der Waals surface area contributed by atoms with E-state index in [0.717, 1.165) is 24.2 Å². The molecule has 3 heterocycles. The summed E-state index contributed by atoms with van der Waals surface area (Å²) in [4.78, 5) is 16.5. The van der Waals surface area contributed by atoms with Gasteiger partial charge in [0.05, 0.1) is 30.2 Å². The first-order valence-electron chi connectivity index (χ1n) is 10.2. The van der Waals surface area contributed by atoms with E-state index in [0.29, 0.717) is 44.6 Å². The Kier molecular flexibility index (Phi) is 6.38. The Bertz CT molecular complexity index is 901. The zero-order valence-corrected chi connectivity index (χ0v) is 17.5. The molecule has 168 valence electrons. The van der Waals surface area contributed by atoms with Gasteiger partial charge in [-0.25, -0.2) is 4.79 Å². The standard InChI is InChI=1S/C20H23ClF3N5O2/c21-17-9-15(20(22,23)24)2-1-14(17)12-31-16-4-7-28(8-5-16)19(30)29-6-3-13(11-29)18-10-25-27-26-18/h1-2,9-10,13,16H,3-8,11-12H2,(H,25,26,27)/t13-/m0/s1. The van der Waals surface area contributed by atoms with Crippen molar-refractivity contribution in [3.63, 3.8) is 0 Å². The zero-order valence-electron chi connectivity index (χ0n) is 16.7. The average molecular weight is 458 g/mol. The molecule has 7 nitrogen and oxygen atoms in total. The average Bonchev–Trinajstić information content (AvgIpc) is 3.44. The van der Waals surface area contributed by atoms with Crippen molar-refractivity contribution in [1.82, 2.24) is 25.2 Å². The van der Waals surface area contributed by atoms with Crippen LogP contribution < -0.4 is 0 Å². The highest BCUT2D eigenvalue weighted by Crippen LogP contribution is 2.32. The summed E-state index contributed by atoms with van der Waals surface area (Å²) in [5, 5.41) is 10.6. The molecule has 0 radical (unpaired) electrons. The minimum Gasteiger partial charge on any atom is -0.373 e. The smallest absolute Gasteiger partial charge is 0.373 e. The normalized spacial score (nSPS) is 20.5. The van der Waals surface area contributed by atoms with Crippen LogP contribution in [0.1, 0.15) is 42.0 Å². The fourth-order valence-corrected chi connectivity index (χ4v) is 4.28. The van der Waals surface area contributed by atoms with E-state index in [4.69, 9.17) is 16.3 Å². The summed E-state index contributed by atoms with van der Waals surface area (Å²) in [6.07, 6.45) is -0.582. The Labute approximate surface area is 182 Å². The summed E-state index contributed by atoms with van der Waals surface area (Å²) in [5.41, 5.74) is 0.620. The van der Waals surface area contributed by atoms with Gasteiger partial charge in [-0.1, -0.05) is 17.7 Å². The highest BCUT2D eigenvalue weighted by atomic mass is 35.5. The number of piperidine rings is 1. The molecule has 0 aliphatic carbocycles. The Morgan fingerprint density at radius 2 is 1.94 bits per heavy atom. The van der Waals surface area contributed by atoms with E-state index in [2.05, 4.69) is 15.4 Å². The van der Waals surface area contributed by atoms with Gasteiger partial charge in [-0.05, 0) is 37.0 Å². The van der Waals surface area contributed by atoms with Crippen LogP contribution in [0, 0.1) is 0 Å². The van der Waals surface area contributed by atoms with Gasteiger partial charge in [0.25, 0.3) is 0 Å². The van der Waals surface area contributed by atoms with Crippen molar-refractivity contribution in [2.24, 2.45) is 0 Å². The van der Waals surface area contributed by atoms with Gasteiger partial charge in [0.1, 0.15) is 0 Å². The summed E-state index contributed by atoms with van der Waals surface area (Å²) in [7, 11) is 0. The van der Waals surface area contributed by atoms with Crippen molar-refractivity contribution in [2.75, 3.05) is 26.2 Å².